The Balaban J connectivity index is 2.11. The van der Waals surface area contributed by atoms with Gasteiger partial charge in [-0.05, 0) is 51.3 Å². The van der Waals surface area contributed by atoms with E-state index in [9.17, 15) is 0 Å². The Morgan fingerprint density at radius 3 is 2.89 bits per heavy atom. The van der Waals surface area contributed by atoms with Crippen LogP contribution in [0, 0.1) is 13.8 Å². The van der Waals surface area contributed by atoms with E-state index in [-0.39, 0.29) is 5.60 Å². The average Bonchev–Trinajstić information content (AvgIpc) is 2.40. The van der Waals surface area contributed by atoms with Crippen molar-refractivity contribution in [2.24, 2.45) is 0 Å². The number of nitrogens with zero attached hydrogens (tertiary/aromatic N) is 2. The van der Waals surface area contributed by atoms with Crippen LogP contribution in [-0.2, 0) is 11.3 Å². The first kappa shape index (κ1) is 14.3. The highest BCUT2D eigenvalue weighted by atomic mass is 16.5. The zero-order valence-electron chi connectivity index (χ0n) is 12.5. The van der Waals surface area contributed by atoms with Crippen molar-refractivity contribution in [2.45, 2.75) is 45.8 Å². The molecule has 2 N–H and O–H groups in total. The molecule has 2 rings (SSSR count). The first-order valence-electron chi connectivity index (χ1n) is 6.93. The van der Waals surface area contributed by atoms with Gasteiger partial charge in [-0.15, -0.1) is 0 Å². The number of nitrogens with two attached hydrogens (primary N) is 1. The van der Waals surface area contributed by atoms with Crippen molar-refractivity contribution in [2.75, 3.05) is 25.9 Å². The first-order valence-corrected chi connectivity index (χ1v) is 6.93. The second-order valence-corrected chi connectivity index (χ2v) is 5.89. The number of anilines is 1. The van der Waals surface area contributed by atoms with Gasteiger partial charge < -0.3 is 10.5 Å². The van der Waals surface area contributed by atoms with E-state index in [0.29, 0.717) is 0 Å². The summed E-state index contributed by atoms with van der Waals surface area (Å²) in [4.78, 5) is 6.96. The number of rotatable bonds is 3. The molecule has 1 fully saturated rings. The summed E-state index contributed by atoms with van der Waals surface area (Å²) in [6.45, 7) is 9.16. The highest BCUT2D eigenvalue weighted by Gasteiger charge is 2.30. The highest BCUT2D eigenvalue weighted by molar-refractivity contribution is 5.53. The molecular formula is C15H25N3O. The minimum atomic E-state index is -0.0254. The summed E-state index contributed by atoms with van der Waals surface area (Å²) in [6, 6.07) is 0. The maximum Gasteiger partial charge on any atom is 0.0777 e. The monoisotopic (exact) mass is 263 g/mol. The molecule has 1 aliphatic heterocycles. The fourth-order valence-electron chi connectivity index (χ4n) is 2.77. The molecule has 1 aromatic rings. The smallest absolute Gasteiger partial charge is 0.0777 e. The van der Waals surface area contributed by atoms with Crippen LogP contribution in [0.3, 0.4) is 0 Å². The number of ether oxygens (including phenoxy) is 1. The van der Waals surface area contributed by atoms with Crippen LogP contribution < -0.4 is 5.73 Å². The Kier molecular flexibility index (Phi) is 4.11. The fraction of sp³-hybridized carbons (Fsp3) is 0.667. The number of hydrogen-bond acceptors (Lipinski definition) is 4. The maximum absolute atomic E-state index is 6.08. The molecule has 106 valence electrons. The molecule has 1 aliphatic rings. The normalized spacial score (nSPS) is 24.6. The van der Waals surface area contributed by atoms with Crippen LogP contribution in [0.1, 0.15) is 36.6 Å². The van der Waals surface area contributed by atoms with Gasteiger partial charge in [-0.1, -0.05) is 0 Å². The summed E-state index contributed by atoms with van der Waals surface area (Å²) in [5.41, 5.74) is 10.2. The number of likely N-dealkylation sites (tertiary alicyclic amines) is 1. The van der Waals surface area contributed by atoms with Gasteiger partial charge in [0.1, 0.15) is 0 Å². The molecule has 0 aliphatic carbocycles. The van der Waals surface area contributed by atoms with Crippen molar-refractivity contribution in [3.05, 3.63) is 23.0 Å². The number of piperidine rings is 1. The molecule has 0 radical (unpaired) electrons. The zero-order valence-corrected chi connectivity index (χ0v) is 12.5. The predicted octanol–water partition coefficient (Wildman–Crippen LogP) is 2.28. The lowest BCUT2D eigenvalue weighted by molar-refractivity contribution is -0.0529. The molecule has 1 atom stereocenters. The van der Waals surface area contributed by atoms with Gasteiger partial charge in [-0.2, -0.15) is 0 Å². The minimum absolute atomic E-state index is 0.0254. The SMILES string of the molecule is COC1(C)CCCN(Cc2ncc(C)c(N)c2C)C1. The van der Waals surface area contributed by atoms with Gasteiger partial charge in [0.25, 0.3) is 0 Å². The van der Waals surface area contributed by atoms with Crippen molar-refractivity contribution in [1.82, 2.24) is 9.88 Å². The van der Waals surface area contributed by atoms with Crippen LogP contribution >= 0.6 is 0 Å². The number of aryl methyl sites for hydroxylation is 1. The molecule has 1 unspecified atom stereocenters. The third-order valence-electron chi connectivity index (χ3n) is 4.28. The first-order chi connectivity index (χ1) is 8.95. The predicted molar refractivity (Wildman–Crippen MR) is 78.0 cm³/mol. The van der Waals surface area contributed by atoms with Crippen molar-refractivity contribution in [3.8, 4) is 0 Å². The maximum atomic E-state index is 6.08. The molecule has 4 heteroatoms. The van der Waals surface area contributed by atoms with Crippen molar-refractivity contribution < 1.29 is 4.74 Å². The van der Waals surface area contributed by atoms with Crippen LogP contribution in [0.2, 0.25) is 0 Å². The van der Waals surface area contributed by atoms with E-state index in [0.717, 1.165) is 48.6 Å². The number of pyridine rings is 1. The Morgan fingerprint density at radius 2 is 2.21 bits per heavy atom. The molecular weight excluding hydrogens is 238 g/mol. The molecule has 1 aromatic heterocycles. The molecule has 4 nitrogen and oxygen atoms in total. The summed E-state index contributed by atoms with van der Waals surface area (Å²) in [5.74, 6) is 0. The van der Waals surface area contributed by atoms with Gasteiger partial charge in [-0.3, -0.25) is 9.88 Å². The quantitative estimate of drug-likeness (QED) is 0.909. The minimum Gasteiger partial charge on any atom is -0.398 e. The lowest BCUT2D eigenvalue weighted by Crippen LogP contribution is -2.47. The van der Waals surface area contributed by atoms with Gasteiger partial charge in [0, 0.05) is 32.1 Å². The van der Waals surface area contributed by atoms with Crippen LogP contribution in [0.5, 0.6) is 0 Å². The third kappa shape index (κ3) is 3.07. The topological polar surface area (TPSA) is 51.4 Å². The molecule has 1 saturated heterocycles. The molecule has 0 amide bonds. The molecule has 0 spiro atoms. The Hall–Kier alpha value is -1.13. The van der Waals surface area contributed by atoms with Gasteiger partial charge >= 0.3 is 0 Å². The number of nitrogen functional groups attached to an aromatic ring is 1. The molecule has 0 bridgehead atoms. The van der Waals surface area contributed by atoms with Crippen LogP contribution in [-0.4, -0.2) is 35.7 Å². The number of methoxy groups -OCH3 is 1. The summed E-state index contributed by atoms with van der Waals surface area (Å²) >= 11 is 0. The second-order valence-electron chi connectivity index (χ2n) is 5.89. The van der Waals surface area contributed by atoms with E-state index in [1.54, 1.807) is 7.11 Å². The summed E-state index contributed by atoms with van der Waals surface area (Å²) < 4.78 is 5.63. The van der Waals surface area contributed by atoms with Crippen LogP contribution in [0.25, 0.3) is 0 Å². The lowest BCUT2D eigenvalue weighted by Gasteiger charge is -2.39. The van der Waals surface area contributed by atoms with Crippen molar-refractivity contribution in [1.29, 1.82) is 0 Å². The van der Waals surface area contributed by atoms with E-state index in [1.165, 1.54) is 6.42 Å². The Bertz CT molecular complexity index is 461. The molecule has 0 saturated carbocycles. The van der Waals surface area contributed by atoms with Gasteiger partial charge in [0.15, 0.2) is 0 Å². The summed E-state index contributed by atoms with van der Waals surface area (Å²) in [7, 11) is 1.80. The van der Waals surface area contributed by atoms with Crippen molar-refractivity contribution in [3.63, 3.8) is 0 Å². The fourth-order valence-corrected chi connectivity index (χ4v) is 2.77. The van der Waals surface area contributed by atoms with E-state index in [2.05, 4.69) is 23.7 Å². The lowest BCUT2D eigenvalue weighted by atomic mass is 9.94. The molecule has 2 heterocycles. The molecule has 0 aromatic carbocycles. The summed E-state index contributed by atoms with van der Waals surface area (Å²) in [6.07, 6.45) is 4.17. The van der Waals surface area contributed by atoms with E-state index in [4.69, 9.17) is 10.5 Å². The number of hydrogen-bond donors (Lipinski definition) is 1. The summed E-state index contributed by atoms with van der Waals surface area (Å²) in [5, 5.41) is 0. The largest absolute Gasteiger partial charge is 0.398 e. The standard InChI is InChI=1S/C15H25N3O/c1-11-8-17-13(12(2)14(11)16)9-18-7-5-6-15(3,10-18)19-4/h8H,5-7,9-10H2,1-4H3,(H2,16,17). The van der Waals surface area contributed by atoms with E-state index >= 15 is 0 Å². The van der Waals surface area contributed by atoms with Crippen molar-refractivity contribution >= 4 is 5.69 Å². The van der Waals surface area contributed by atoms with Crippen LogP contribution in [0.4, 0.5) is 5.69 Å². The van der Waals surface area contributed by atoms with E-state index in [1.807, 2.05) is 13.1 Å². The average molecular weight is 263 g/mol. The van der Waals surface area contributed by atoms with E-state index < -0.39 is 0 Å². The Labute approximate surface area is 116 Å². The second kappa shape index (κ2) is 5.47. The van der Waals surface area contributed by atoms with Gasteiger partial charge in [0.05, 0.1) is 11.3 Å². The Morgan fingerprint density at radius 1 is 1.47 bits per heavy atom. The zero-order chi connectivity index (χ0) is 14.0. The highest BCUT2D eigenvalue weighted by Crippen LogP contribution is 2.26. The van der Waals surface area contributed by atoms with Gasteiger partial charge in [-0.25, -0.2) is 0 Å². The van der Waals surface area contributed by atoms with Gasteiger partial charge in [0.2, 0.25) is 0 Å². The third-order valence-corrected chi connectivity index (χ3v) is 4.28. The van der Waals surface area contributed by atoms with Crippen LogP contribution in [0.15, 0.2) is 6.20 Å². The molecule has 19 heavy (non-hydrogen) atoms. The number of aromatic nitrogens is 1.